The molecule has 1 saturated heterocycles. The summed E-state index contributed by atoms with van der Waals surface area (Å²) in [7, 11) is 1.68. The SMILES string of the molecule is COc1ccc2cc(-c3nnc(CN4CCC(Cc5ccccc5)CC4)[nH]3)[nH]c2c1. The first-order valence-corrected chi connectivity index (χ1v) is 10.6. The van der Waals surface area contributed by atoms with Gasteiger partial charge in [0.2, 0.25) is 0 Å². The first-order chi connectivity index (χ1) is 14.8. The van der Waals surface area contributed by atoms with Crippen molar-refractivity contribution in [1.29, 1.82) is 0 Å². The fraction of sp³-hybridized carbons (Fsp3) is 0.333. The van der Waals surface area contributed by atoms with E-state index in [-0.39, 0.29) is 0 Å². The van der Waals surface area contributed by atoms with E-state index in [4.69, 9.17) is 4.74 Å². The van der Waals surface area contributed by atoms with Crippen molar-refractivity contribution in [2.75, 3.05) is 20.2 Å². The molecule has 4 aromatic rings. The minimum Gasteiger partial charge on any atom is -0.497 e. The molecule has 5 rings (SSSR count). The number of likely N-dealkylation sites (tertiary alicyclic amines) is 1. The molecule has 30 heavy (non-hydrogen) atoms. The molecule has 2 aromatic heterocycles. The number of rotatable bonds is 6. The van der Waals surface area contributed by atoms with Crippen molar-refractivity contribution in [2.45, 2.75) is 25.8 Å². The number of piperidine rings is 1. The van der Waals surface area contributed by atoms with Gasteiger partial charge in [-0.25, -0.2) is 0 Å². The van der Waals surface area contributed by atoms with Gasteiger partial charge in [-0.05, 0) is 62.0 Å². The fourth-order valence-electron chi connectivity index (χ4n) is 4.36. The summed E-state index contributed by atoms with van der Waals surface area (Å²) in [6.45, 7) is 3.04. The van der Waals surface area contributed by atoms with Gasteiger partial charge >= 0.3 is 0 Å². The number of aromatic nitrogens is 4. The average Bonchev–Trinajstić information content (AvgIpc) is 3.42. The van der Waals surface area contributed by atoms with Gasteiger partial charge < -0.3 is 14.7 Å². The minimum atomic E-state index is 0.775. The smallest absolute Gasteiger partial charge is 0.177 e. The van der Waals surface area contributed by atoms with E-state index in [0.717, 1.165) is 59.5 Å². The number of fused-ring (bicyclic) bond motifs is 1. The van der Waals surface area contributed by atoms with Crippen molar-refractivity contribution in [1.82, 2.24) is 25.1 Å². The molecule has 1 aliphatic heterocycles. The Kier molecular flexibility index (Phi) is 5.24. The summed E-state index contributed by atoms with van der Waals surface area (Å²) in [5, 5.41) is 9.88. The Morgan fingerprint density at radius 1 is 1.00 bits per heavy atom. The zero-order valence-corrected chi connectivity index (χ0v) is 17.3. The number of nitrogens with zero attached hydrogens (tertiary/aromatic N) is 3. The minimum absolute atomic E-state index is 0.775. The van der Waals surface area contributed by atoms with E-state index in [1.54, 1.807) is 7.11 Å². The maximum Gasteiger partial charge on any atom is 0.177 e. The molecular weight excluding hydrogens is 374 g/mol. The van der Waals surface area contributed by atoms with Crippen LogP contribution < -0.4 is 4.74 Å². The first kappa shape index (κ1) is 18.9. The van der Waals surface area contributed by atoms with Crippen LogP contribution in [0.25, 0.3) is 22.4 Å². The van der Waals surface area contributed by atoms with Crippen LogP contribution >= 0.6 is 0 Å². The molecule has 6 heteroatoms. The molecule has 0 aliphatic carbocycles. The van der Waals surface area contributed by atoms with E-state index in [1.165, 1.54) is 24.8 Å². The summed E-state index contributed by atoms with van der Waals surface area (Å²) in [5.41, 5.74) is 3.42. The number of methoxy groups -OCH3 is 1. The largest absolute Gasteiger partial charge is 0.497 e. The van der Waals surface area contributed by atoms with E-state index >= 15 is 0 Å². The number of aromatic amines is 2. The summed E-state index contributed by atoms with van der Waals surface area (Å²) >= 11 is 0. The van der Waals surface area contributed by atoms with E-state index in [0.29, 0.717) is 0 Å². The van der Waals surface area contributed by atoms with Crippen LogP contribution in [-0.2, 0) is 13.0 Å². The second-order valence-corrected chi connectivity index (χ2v) is 8.17. The molecule has 6 nitrogen and oxygen atoms in total. The summed E-state index contributed by atoms with van der Waals surface area (Å²) in [6, 6.07) is 18.9. The highest BCUT2D eigenvalue weighted by Gasteiger charge is 2.20. The molecule has 2 aromatic carbocycles. The van der Waals surface area contributed by atoms with Crippen molar-refractivity contribution in [2.24, 2.45) is 5.92 Å². The van der Waals surface area contributed by atoms with E-state index in [1.807, 2.05) is 18.2 Å². The Balaban J connectivity index is 1.19. The summed E-state index contributed by atoms with van der Waals surface area (Å²) in [5.74, 6) is 3.31. The fourth-order valence-corrected chi connectivity index (χ4v) is 4.36. The van der Waals surface area contributed by atoms with Crippen molar-refractivity contribution >= 4 is 10.9 Å². The third kappa shape index (κ3) is 4.09. The lowest BCUT2D eigenvalue weighted by molar-refractivity contribution is 0.173. The van der Waals surface area contributed by atoms with Crippen molar-refractivity contribution in [3.05, 3.63) is 66.0 Å². The van der Waals surface area contributed by atoms with Crippen molar-refractivity contribution in [3.63, 3.8) is 0 Å². The number of H-pyrrole nitrogens is 2. The van der Waals surface area contributed by atoms with Gasteiger partial charge in [0.05, 0.1) is 19.3 Å². The lowest BCUT2D eigenvalue weighted by Gasteiger charge is -2.31. The second kappa shape index (κ2) is 8.32. The van der Waals surface area contributed by atoms with Gasteiger partial charge in [-0.2, -0.15) is 0 Å². The molecule has 0 atom stereocenters. The Morgan fingerprint density at radius 2 is 1.83 bits per heavy atom. The third-order valence-electron chi connectivity index (χ3n) is 6.07. The average molecular weight is 402 g/mol. The molecule has 1 fully saturated rings. The van der Waals surface area contributed by atoms with Crippen LogP contribution in [0.4, 0.5) is 0 Å². The lowest BCUT2D eigenvalue weighted by Crippen LogP contribution is -2.34. The van der Waals surface area contributed by atoms with E-state index in [9.17, 15) is 0 Å². The molecule has 1 aliphatic rings. The predicted octanol–water partition coefficient (Wildman–Crippen LogP) is 4.42. The summed E-state index contributed by atoms with van der Waals surface area (Å²) < 4.78 is 5.31. The van der Waals surface area contributed by atoms with Gasteiger partial charge in [0.1, 0.15) is 11.6 Å². The number of nitrogens with one attached hydrogen (secondary N) is 2. The second-order valence-electron chi connectivity index (χ2n) is 8.17. The van der Waals surface area contributed by atoms with Gasteiger partial charge in [0.25, 0.3) is 0 Å². The van der Waals surface area contributed by atoms with Crippen LogP contribution in [0.15, 0.2) is 54.6 Å². The predicted molar refractivity (Wildman–Crippen MR) is 118 cm³/mol. The summed E-state index contributed by atoms with van der Waals surface area (Å²) in [4.78, 5) is 9.27. The van der Waals surface area contributed by atoms with Crippen LogP contribution in [0.1, 0.15) is 24.2 Å². The van der Waals surface area contributed by atoms with E-state index in [2.05, 4.69) is 61.5 Å². The highest BCUT2D eigenvalue weighted by molar-refractivity contribution is 5.85. The van der Waals surface area contributed by atoms with Crippen LogP contribution in [0.3, 0.4) is 0 Å². The molecule has 0 unspecified atom stereocenters. The van der Waals surface area contributed by atoms with Gasteiger partial charge in [-0.15, -0.1) is 10.2 Å². The number of benzene rings is 2. The van der Waals surface area contributed by atoms with Crippen LogP contribution in [0.5, 0.6) is 5.75 Å². The Hall–Kier alpha value is -3.12. The Labute approximate surface area is 176 Å². The number of ether oxygens (including phenoxy) is 1. The zero-order chi connectivity index (χ0) is 20.3. The third-order valence-corrected chi connectivity index (χ3v) is 6.07. The Bertz CT molecular complexity index is 1110. The van der Waals surface area contributed by atoms with Crippen LogP contribution in [0.2, 0.25) is 0 Å². The first-order valence-electron chi connectivity index (χ1n) is 10.6. The molecule has 0 saturated carbocycles. The Morgan fingerprint density at radius 3 is 2.63 bits per heavy atom. The highest BCUT2D eigenvalue weighted by atomic mass is 16.5. The molecule has 0 amide bonds. The molecule has 2 N–H and O–H groups in total. The number of hydrogen-bond donors (Lipinski definition) is 2. The van der Waals surface area contributed by atoms with Crippen molar-refractivity contribution < 1.29 is 4.74 Å². The lowest BCUT2D eigenvalue weighted by atomic mass is 9.90. The van der Waals surface area contributed by atoms with Gasteiger partial charge in [-0.3, -0.25) is 4.90 Å². The maximum absolute atomic E-state index is 5.31. The van der Waals surface area contributed by atoms with Crippen molar-refractivity contribution in [3.8, 4) is 17.3 Å². The number of hydrogen-bond acceptors (Lipinski definition) is 4. The molecule has 0 radical (unpaired) electrons. The molecule has 0 spiro atoms. The van der Waals surface area contributed by atoms with Gasteiger partial charge in [-0.1, -0.05) is 30.3 Å². The molecule has 3 heterocycles. The molecular formula is C24H27N5O. The van der Waals surface area contributed by atoms with Gasteiger partial charge in [0, 0.05) is 17.0 Å². The quantitative estimate of drug-likeness (QED) is 0.502. The topological polar surface area (TPSA) is 69.8 Å². The van der Waals surface area contributed by atoms with E-state index < -0.39 is 0 Å². The monoisotopic (exact) mass is 401 g/mol. The van der Waals surface area contributed by atoms with Gasteiger partial charge in [0.15, 0.2) is 5.82 Å². The summed E-state index contributed by atoms with van der Waals surface area (Å²) in [6.07, 6.45) is 3.66. The van der Waals surface area contributed by atoms with Crippen LogP contribution in [0, 0.1) is 5.92 Å². The normalized spacial score (nSPS) is 15.6. The van der Waals surface area contributed by atoms with Crippen LogP contribution in [-0.4, -0.2) is 45.3 Å². The highest BCUT2D eigenvalue weighted by Crippen LogP contribution is 2.26. The standard InChI is InChI=1S/C24H27N5O/c1-30-20-8-7-19-14-22(25-21(19)15-20)24-26-23(27-28-24)16-29-11-9-18(10-12-29)13-17-5-3-2-4-6-17/h2-8,14-15,18,25H,9-13,16H2,1H3,(H,26,27,28). The molecule has 0 bridgehead atoms. The maximum atomic E-state index is 5.31. The molecule has 154 valence electrons. The zero-order valence-electron chi connectivity index (χ0n) is 17.3.